The van der Waals surface area contributed by atoms with Crippen molar-refractivity contribution >= 4 is 23.2 Å². The Morgan fingerprint density at radius 3 is 2.58 bits per heavy atom. The molecule has 4 heteroatoms. The van der Waals surface area contributed by atoms with Crippen LogP contribution in [0, 0.1) is 12.7 Å². The summed E-state index contributed by atoms with van der Waals surface area (Å²) in [6, 6.07) is 10.1. The summed E-state index contributed by atoms with van der Waals surface area (Å²) in [6.45, 7) is 1.67. The topological polar surface area (TPSA) is 20.2 Å². The van der Waals surface area contributed by atoms with Gasteiger partial charge in [0, 0.05) is 12.0 Å². The van der Waals surface area contributed by atoms with Gasteiger partial charge in [-0.1, -0.05) is 47.5 Å². The summed E-state index contributed by atoms with van der Waals surface area (Å²) >= 11 is 11.7. The van der Waals surface area contributed by atoms with Crippen molar-refractivity contribution in [1.82, 2.24) is 0 Å². The van der Waals surface area contributed by atoms with Gasteiger partial charge in [0.1, 0.15) is 5.82 Å². The van der Waals surface area contributed by atoms with Gasteiger partial charge >= 0.3 is 0 Å². The lowest BCUT2D eigenvalue weighted by Gasteiger charge is -2.13. The summed E-state index contributed by atoms with van der Waals surface area (Å²) in [4.78, 5) is 0. The van der Waals surface area contributed by atoms with Crippen LogP contribution in [0.3, 0.4) is 0 Å². The molecule has 0 aromatic heterocycles. The van der Waals surface area contributed by atoms with Gasteiger partial charge in [-0.05, 0) is 30.2 Å². The quantitative estimate of drug-likeness (QED) is 0.869. The minimum absolute atomic E-state index is 0.289. The second-order valence-electron chi connectivity index (χ2n) is 4.45. The van der Waals surface area contributed by atoms with Crippen molar-refractivity contribution in [2.24, 2.45) is 0 Å². The maximum absolute atomic E-state index is 13.9. The molecule has 100 valence electrons. The zero-order valence-corrected chi connectivity index (χ0v) is 11.8. The molecular formula is C15H13Cl2FO. The van der Waals surface area contributed by atoms with E-state index in [-0.39, 0.29) is 12.2 Å². The first-order chi connectivity index (χ1) is 8.99. The summed E-state index contributed by atoms with van der Waals surface area (Å²) in [5, 5.41) is 11.0. The lowest BCUT2D eigenvalue weighted by Crippen LogP contribution is -2.05. The molecule has 0 fully saturated rings. The average molecular weight is 299 g/mol. The van der Waals surface area contributed by atoms with Crippen LogP contribution in [0.5, 0.6) is 0 Å². The molecule has 19 heavy (non-hydrogen) atoms. The monoisotopic (exact) mass is 298 g/mol. The Balaban J connectivity index is 2.23. The van der Waals surface area contributed by atoms with E-state index >= 15 is 0 Å². The third-order valence-electron chi connectivity index (χ3n) is 2.99. The molecule has 0 aliphatic heterocycles. The Morgan fingerprint density at radius 2 is 1.89 bits per heavy atom. The highest BCUT2D eigenvalue weighted by Gasteiger charge is 2.15. The van der Waals surface area contributed by atoms with E-state index in [0.29, 0.717) is 21.2 Å². The van der Waals surface area contributed by atoms with Gasteiger partial charge in [0.2, 0.25) is 0 Å². The largest absolute Gasteiger partial charge is 0.388 e. The van der Waals surface area contributed by atoms with Crippen LogP contribution in [0.4, 0.5) is 4.39 Å². The fourth-order valence-electron chi connectivity index (χ4n) is 1.93. The molecule has 0 saturated carbocycles. The highest BCUT2D eigenvalue weighted by molar-refractivity contribution is 6.42. The number of rotatable bonds is 3. The summed E-state index contributed by atoms with van der Waals surface area (Å²) in [5.41, 5.74) is 1.62. The smallest absolute Gasteiger partial charge is 0.131 e. The number of benzene rings is 2. The number of aliphatic hydroxyl groups is 1. The van der Waals surface area contributed by atoms with Crippen LogP contribution in [-0.4, -0.2) is 5.11 Å². The van der Waals surface area contributed by atoms with Crippen LogP contribution in [0.15, 0.2) is 36.4 Å². The maximum atomic E-state index is 13.9. The average Bonchev–Trinajstić information content (AvgIpc) is 2.37. The molecular weight excluding hydrogens is 286 g/mol. The molecule has 2 aromatic carbocycles. The summed E-state index contributed by atoms with van der Waals surface area (Å²) in [5.74, 6) is -0.366. The zero-order valence-electron chi connectivity index (χ0n) is 10.3. The van der Waals surface area contributed by atoms with Gasteiger partial charge in [-0.3, -0.25) is 0 Å². The molecule has 1 unspecified atom stereocenters. The van der Waals surface area contributed by atoms with E-state index in [4.69, 9.17) is 23.2 Å². The Hall–Kier alpha value is -1.09. The SMILES string of the molecule is Cc1cccc(C(O)Cc2ccc(Cl)c(Cl)c2)c1F. The second kappa shape index (κ2) is 5.91. The van der Waals surface area contributed by atoms with Gasteiger partial charge in [0.25, 0.3) is 0 Å². The van der Waals surface area contributed by atoms with Crippen molar-refractivity contribution in [3.8, 4) is 0 Å². The molecule has 0 radical (unpaired) electrons. The van der Waals surface area contributed by atoms with Crippen LogP contribution < -0.4 is 0 Å². The molecule has 1 atom stereocenters. The number of hydrogen-bond donors (Lipinski definition) is 1. The molecule has 1 nitrogen and oxygen atoms in total. The standard InChI is InChI=1S/C15H13Cl2FO/c1-9-3-2-4-11(15(9)18)14(19)8-10-5-6-12(16)13(17)7-10/h2-7,14,19H,8H2,1H3. The van der Waals surface area contributed by atoms with Gasteiger partial charge in [0.15, 0.2) is 0 Å². The predicted octanol–water partition coefficient (Wildman–Crippen LogP) is 4.72. The summed E-state index contributed by atoms with van der Waals surface area (Å²) in [7, 11) is 0. The highest BCUT2D eigenvalue weighted by Crippen LogP contribution is 2.27. The molecule has 0 bridgehead atoms. The molecule has 2 aromatic rings. The minimum Gasteiger partial charge on any atom is -0.388 e. The third kappa shape index (κ3) is 3.27. The van der Waals surface area contributed by atoms with Crippen molar-refractivity contribution in [2.45, 2.75) is 19.4 Å². The summed E-state index contributed by atoms with van der Waals surface area (Å²) in [6.07, 6.45) is -0.616. The van der Waals surface area contributed by atoms with Crippen LogP contribution in [0.1, 0.15) is 22.8 Å². The molecule has 0 saturated heterocycles. The van der Waals surface area contributed by atoms with Crippen LogP contribution in [0.2, 0.25) is 10.0 Å². The Kier molecular flexibility index (Phi) is 4.46. The summed E-state index contributed by atoms with van der Waals surface area (Å²) < 4.78 is 13.9. The van der Waals surface area contributed by atoms with E-state index in [2.05, 4.69) is 0 Å². The number of aliphatic hydroxyl groups excluding tert-OH is 1. The zero-order chi connectivity index (χ0) is 14.0. The maximum Gasteiger partial charge on any atom is 0.131 e. The van der Waals surface area contributed by atoms with Crippen molar-refractivity contribution < 1.29 is 9.50 Å². The molecule has 0 spiro atoms. The van der Waals surface area contributed by atoms with E-state index in [1.807, 2.05) is 0 Å². The van der Waals surface area contributed by atoms with Crippen molar-refractivity contribution in [2.75, 3.05) is 0 Å². The fourth-order valence-corrected chi connectivity index (χ4v) is 2.25. The normalized spacial score (nSPS) is 12.5. The molecule has 0 heterocycles. The van der Waals surface area contributed by atoms with Gasteiger partial charge in [0.05, 0.1) is 16.1 Å². The van der Waals surface area contributed by atoms with Gasteiger partial charge < -0.3 is 5.11 Å². The van der Waals surface area contributed by atoms with E-state index in [9.17, 15) is 9.50 Å². The third-order valence-corrected chi connectivity index (χ3v) is 3.73. The lowest BCUT2D eigenvalue weighted by atomic mass is 9.99. The van der Waals surface area contributed by atoms with Gasteiger partial charge in [-0.25, -0.2) is 4.39 Å². The Bertz CT molecular complexity index is 599. The lowest BCUT2D eigenvalue weighted by molar-refractivity contribution is 0.173. The van der Waals surface area contributed by atoms with E-state index in [0.717, 1.165) is 5.56 Å². The van der Waals surface area contributed by atoms with Crippen molar-refractivity contribution in [1.29, 1.82) is 0 Å². The molecule has 0 aliphatic carbocycles. The van der Waals surface area contributed by atoms with Crippen molar-refractivity contribution in [3.05, 3.63) is 69.0 Å². The number of aryl methyl sites for hydroxylation is 1. The first-order valence-corrected chi connectivity index (χ1v) is 6.61. The molecule has 0 aliphatic rings. The first kappa shape index (κ1) is 14.3. The van der Waals surface area contributed by atoms with E-state index < -0.39 is 6.10 Å². The molecule has 0 amide bonds. The Labute approximate surface area is 121 Å². The number of hydrogen-bond acceptors (Lipinski definition) is 1. The van der Waals surface area contributed by atoms with Crippen LogP contribution in [-0.2, 0) is 6.42 Å². The van der Waals surface area contributed by atoms with Gasteiger partial charge in [-0.2, -0.15) is 0 Å². The molecule has 1 N–H and O–H groups in total. The Morgan fingerprint density at radius 1 is 1.16 bits per heavy atom. The highest BCUT2D eigenvalue weighted by atomic mass is 35.5. The van der Waals surface area contributed by atoms with Crippen LogP contribution in [0.25, 0.3) is 0 Å². The minimum atomic E-state index is -0.905. The first-order valence-electron chi connectivity index (χ1n) is 5.86. The second-order valence-corrected chi connectivity index (χ2v) is 5.26. The van der Waals surface area contributed by atoms with Crippen molar-refractivity contribution in [3.63, 3.8) is 0 Å². The number of halogens is 3. The van der Waals surface area contributed by atoms with E-state index in [1.54, 1.807) is 43.3 Å². The van der Waals surface area contributed by atoms with Crippen LogP contribution >= 0.6 is 23.2 Å². The molecule has 2 rings (SSSR count). The van der Waals surface area contributed by atoms with E-state index in [1.165, 1.54) is 0 Å². The fraction of sp³-hybridized carbons (Fsp3) is 0.200. The van der Waals surface area contributed by atoms with Gasteiger partial charge in [-0.15, -0.1) is 0 Å². The predicted molar refractivity (Wildman–Crippen MR) is 76.3 cm³/mol.